The van der Waals surface area contributed by atoms with E-state index in [4.69, 9.17) is 11.6 Å². The van der Waals surface area contributed by atoms with Crippen molar-refractivity contribution in [2.45, 2.75) is 20.8 Å². The Labute approximate surface area is 110 Å². The van der Waals surface area contributed by atoms with Crippen LogP contribution in [0.4, 0.5) is 15.9 Å². The van der Waals surface area contributed by atoms with E-state index in [9.17, 15) is 4.39 Å². The standard InChI is InChI=1S/C13H13ClFN3/c1-7-4-5-10(6-11(7)15)16-13-9(3)8(2)12(14)17-18-13/h4-6H,1-3H3,(H,16,18). The Morgan fingerprint density at radius 2 is 1.83 bits per heavy atom. The van der Waals surface area contributed by atoms with Crippen molar-refractivity contribution in [1.29, 1.82) is 0 Å². The van der Waals surface area contributed by atoms with E-state index in [1.807, 2.05) is 13.8 Å². The van der Waals surface area contributed by atoms with Gasteiger partial charge in [-0.2, -0.15) is 0 Å². The SMILES string of the molecule is Cc1ccc(Nc2nnc(Cl)c(C)c2C)cc1F. The Morgan fingerprint density at radius 3 is 2.50 bits per heavy atom. The van der Waals surface area contributed by atoms with E-state index < -0.39 is 0 Å². The zero-order chi connectivity index (χ0) is 13.3. The van der Waals surface area contributed by atoms with Crippen molar-refractivity contribution in [2.75, 3.05) is 5.32 Å². The molecule has 3 nitrogen and oxygen atoms in total. The summed E-state index contributed by atoms with van der Waals surface area (Å²) in [5.74, 6) is 0.330. The number of aromatic nitrogens is 2. The van der Waals surface area contributed by atoms with E-state index in [0.717, 1.165) is 11.1 Å². The summed E-state index contributed by atoms with van der Waals surface area (Å²) in [6.07, 6.45) is 0. The van der Waals surface area contributed by atoms with Crippen LogP contribution in [0.25, 0.3) is 0 Å². The van der Waals surface area contributed by atoms with Gasteiger partial charge in [0.2, 0.25) is 0 Å². The largest absolute Gasteiger partial charge is 0.338 e. The van der Waals surface area contributed by atoms with Crippen LogP contribution in [0, 0.1) is 26.6 Å². The quantitative estimate of drug-likeness (QED) is 0.894. The molecule has 0 amide bonds. The van der Waals surface area contributed by atoms with Gasteiger partial charge in [0, 0.05) is 5.69 Å². The lowest BCUT2D eigenvalue weighted by molar-refractivity contribution is 0.619. The van der Waals surface area contributed by atoms with Gasteiger partial charge >= 0.3 is 0 Å². The molecule has 0 spiro atoms. The number of nitrogens with one attached hydrogen (secondary N) is 1. The summed E-state index contributed by atoms with van der Waals surface area (Å²) in [7, 11) is 0. The summed E-state index contributed by atoms with van der Waals surface area (Å²) in [5.41, 5.74) is 3.01. The highest BCUT2D eigenvalue weighted by Gasteiger charge is 2.08. The van der Waals surface area contributed by atoms with Crippen molar-refractivity contribution in [3.63, 3.8) is 0 Å². The Morgan fingerprint density at radius 1 is 1.11 bits per heavy atom. The summed E-state index contributed by atoms with van der Waals surface area (Å²) in [6.45, 7) is 5.48. The molecule has 2 rings (SSSR count). The minimum Gasteiger partial charge on any atom is -0.338 e. The number of rotatable bonds is 2. The summed E-state index contributed by atoms with van der Waals surface area (Å²) in [5, 5.41) is 11.2. The monoisotopic (exact) mass is 265 g/mol. The van der Waals surface area contributed by atoms with Crippen molar-refractivity contribution >= 4 is 23.1 Å². The number of hydrogen-bond donors (Lipinski definition) is 1. The first-order chi connectivity index (χ1) is 8.49. The van der Waals surface area contributed by atoms with Crippen LogP contribution in [0.3, 0.4) is 0 Å². The Balaban J connectivity index is 2.34. The highest BCUT2D eigenvalue weighted by Crippen LogP contribution is 2.24. The number of halogens is 2. The molecule has 2 aromatic rings. The van der Waals surface area contributed by atoms with E-state index in [2.05, 4.69) is 15.5 Å². The molecule has 5 heteroatoms. The third kappa shape index (κ3) is 2.43. The Kier molecular flexibility index (Phi) is 3.48. The molecule has 18 heavy (non-hydrogen) atoms. The first-order valence-electron chi connectivity index (χ1n) is 5.51. The third-order valence-corrected chi connectivity index (χ3v) is 3.26. The number of hydrogen-bond acceptors (Lipinski definition) is 3. The van der Waals surface area contributed by atoms with Crippen molar-refractivity contribution in [2.24, 2.45) is 0 Å². The number of anilines is 2. The molecule has 0 saturated heterocycles. The first kappa shape index (κ1) is 12.8. The molecule has 1 aromatic carbocycles. The molecule has 94 valence electrons. The van der Waals surface area contributed by atoms with E-state index in [-0.39, 0.29) is 5.82 Å². The number of nitrogens with zero attached hydrogens (tertiary/aromatic N) is 2. The minimum atomic E-state index is -0.253. The maximum atomic E-state index is 13.4. The zero-order valence-electron chi connectivity index (χ0n) is 10.4. The van der Waals surface area contributed by atoms with E-state index in [1.54, 1.807) is 19.1 Å². The molecule has 0 bridgehead atoms. The lowest BCUT2D eigenvalue weighted by Gasteiger charge is -2.10. The Bertz CT molecular complexity index is 599. The Hall–Kier alpha value is -1.68. The van der Waals surface area contributed by atoms with Crippen LogP contribution in [0.1, 0.15) is 16.7 Å². The zero-order valence-corrected chi connectivity index (χ0v) is 11.1. The molecule has 0 fully saturated rings. The van der Waals surface area contributed by atoms with Crippen molar-refractivity contribution in [1.82, 2.24) is 10.2 Å². The second kappa shape index (κ2) is 4.90. The highest BCUT2D eigenvalue weighted by molar-refractivity contribution is 6.30. The lowest BCUT2D eigenvalue weighted by Crippen LogP contribution is -2.01. The van der Waals surface area contributed by atoms with Crippen LogP contribution in [0.15, 0.2) is 18.2 Å². The molecule has 1 heterocycles. The topological polar surface area (TPSA) is 37.8 Å². The third-order valence-electron chi connectivity index (χ3n) is 2.90. The average Bonchev–Trinajstić information content (AvgIpc) is 2.34. The molecule has 0 atom stereocenters. The molecule has 0 saturated carbocycles. The molecule has 0 aliphatic heterocycles. The van der Waals surface area contributed by atoms with Gasteiger partial charge in [0.1, 0.15) is 5.82 Å². The maximum absolute atomic E-state index is 13.4. The molecule has 0 unspecified atom stereocenters. The van der Waals surface area contributed by atoms with Gasteiger partial charge in [0.15, 0.2) is 11.0 Å². The summed E-state index contributed by atoms with van der Waals surface area (Å²) >= 11 is 5.87. The van der Waals surface area contributed by atoms with Gasteiger partial charge in [-0.25, -0.2) is 4.39 Å². The van der Waals surface area contributed by atoms with Crippen molar-refractivity contribution in [3.05, 3.63) is 45.9 Å². The van der Waals surface area contributed by atoms with Crippen LogP contribution in [-0.2, 0) is 0 Å². The van der Waals surface area contributed by atoms with Crippen LogP contribution in [-0.4, -0.2) is 10.2 Å². The van der Waals surface area contributed by atoms with Gasteiger partial charge < -0.3 is 5.32 Å². The van der Waals surface area contributed by atoms with Crippen LogP contribution < -0.4 is 5.32 Å². The fourth-order valence-corrected chi connectivity index (χ4v) is 1.68. The second-order valence-electron chi connectivity index (χ2n) is 4.18. The van der Waals surface area contributed by atoms with Gasteiger partial charge in [-0.1, -0.05) is 17.7 Å². The molecule has 0 aliphatic rings. The van der Waals surface area contributed by atoms with E-state index in [1.165, 1.54) is 6.07 Å². The highest BCUT2D eigenvalue weighted by atomic mass is 35.5. The lowest BCUT2D eigenvalue weighted by atomic mass is 10.2. The molecular formula is C13H13ClFN3. The molecule has 1 N–H and O–H groups in total. The summed E-state index contributed by atoms with van der Waals surface area (Å²) in [4.78, 5) is 0. The van der Waals surface area contributed by atoms with Gasteiger partial charge in [-0.05, 0) is 49.6 Å². The predicted octanol–water partition coefficient (Wildman–Crippen LogP) is 3.94. The van der Waals surface area contributed by atoms with Gasteiger partial charge in [-0.15, -0.1) is 10.2 Å². The first-order valence-corrected chi connectivity index (χ1v) is 5.89. The normalized spacial score (nSPS) is 10.5. The van der Waals surface area contributed by atoms with Crippen LogP contribution in [0.2, 0.25) is 5.15 Å². The van der Waals surface area contributed by atoms with Crippen LogP contribution >= 0.6 is 11.6 Å². The average molecular weight is 266 g/mol. The molecule has 0 aliphatic carbocycles. The van der Waals surface area contributed by atoms with Crippen molar-refractivity contribution in [3.8, 4) is 0 Å². The molecular weight excluding hydrogens is 253 g/mol. The summed E-state index contributed by atoms with van der Waals surface area (Å²) < 4.78 is 13.4. The van der Waals surface area contributed by atoms with E-state index >= 15 is 0 Å². The minimum absolute atomic E-state index is 0.253. The van der Waals surface area contributed by atoms with Gasteiger partial charge in [0.25, 0.3) is 0 Å². The molecule has 0 radical (unpaired) electrons. The maximum Gasteiger partial charge on any atom is 0.156 e. The number of aryl methyl sites for hydroxylation is 1. The fraction of sp³-hybridized carbons (Fsp3) is 0.231. The fourth-order valence-electron chi connectivity index (χ4n) is 1.50. The summed E-state index contributed by atoms with van der Waals surface area (Å²) in [6, 6.07) is 4.94. The van der Waals surface area contributed by atoms with Gasteiger partial charge in [0.05, 0.1) is 0 Å². The van der Waals surface area contributed by atoms with Gasteiger partial charge in [-0.3, -0.25) is 0 Å². The predicted molar refractivity (Wildman–Crippen MR) is 70.9 cm³/mol. The van der Waals surface area contributed by atoms with Crippen LogP contribution in [0.5, 0.6) is 0 Å². The smallest absolute Gasteiger partial charge is 0.156 e. The molecule has 1 aromatic heterocycles. The van der Waals surface area contributed by atoms with Crippen molar-refractivity contribution < 1.29 is 4.39 Å². The number of benzene rings is 1. The second-order valence-corrected chi connectivity index (χ2v) is 4.54. The van der Waals surface area contributed by atoms with E-state index in [0.29, 0.717) is 22.2 Å².